The zero-order valence-corrected chi connectivity index (χ0v) is 11.6. The molecule has 0 atom stereocenters. The van der Waals surface area contributed by atoms with Crippen molar-refractivity contribution < 1.29 is 9.53 Å². The average Bonchev–Trinajstić information content (AvgIpc) is 2.69. The molecular weight excluding hydrogens is 242 g/mol. The average molecular weight is 259 g/mol. The van der Waals surface area contributed by atoms with Crippen molar-refractivity contribution in [2.45, 2.75) is 27.4 Å². The van der Waals surface area contributed by atoms with Crippen LogP contribution in [0.5, 0.6) is 5.75 Å². The minimum absolute atomic E-state index is 0.361. The molecule has 0 spiro atoms. The molecule has 0 radical (unpaired) electrons. The van der Waals surface area contributed by atoms with Gasteiger partial charge in [0.15, 0.2) is 5.82 Å². The molecule has 19 heavy (non-hydrogen) atoms. The van der Waals surface area contributed by atoms with Gasteiger partial charge in [0.1, 0.15) is 24.5 Å². The van der Waals surface area contributed by atoms with Gasteiger partial charge in [-0.3, -0.25) is 4.79 Å². The molecule has 0 aliphatic carbocycles. The molecule has 0 amide bonds. The van der Waals surface area contributed by atoms with Crippen LogP contribution in [0.2, 0.25) is 0 Å². The number of ether oxygens (including phenoxy) is 1. The summed E-state index contributed by atoms with van der Waals surface area (Å²) in [6.07, 6.45) is 0.843. The van der Waals surface area contributed by atoms with Crippen molar-refractivity contribution >= 4 is 6.29 Å². The highest BCUT2D eigenvalue weighted by molar-refractivity contribution is 5.76. The molecule has 0 unspecified atom stereocenters. The van der Waals surface area contributed by atoms with Gasteiger partial charge < -0.3 is 9.30 Å². The Labute approximate surface area is 112 Å². The number of benzene rings is 1. The predicted octanol–water partition coefficient (Wildman–Crippen LogP) is 2.13. The van der Waals surface area contributed by atoms with Crippen molar-refractivity contribution in [3.05, 3.63) is 40.5 Å². The second-order valence-electron chi connectivity index (χ2n) is 4.61. The van der Waals surface area contributed by atoms with Crippen LogP contribution in [0.15, 0.2) is 12.1 Å². The van der Waals surface area contributed by atoms with Crippen LogP contribution in [0, 0.1) is 20.8 Å². The number of carbonyl (C=O) groups is 1. The van der Waals surface area contributed by atoms with Crippen molar-refractivity contribution in [3.8, 4) is 5.75 Å². The molecule has 2 rings (SSSR count). The molecule has 1 heterocycles. The van der Waals surface area contributed by atoms with E-state index in [1.807, 2.05) is 44.5 Å². The second-order valence-corrected chi connectivity index (χ2v) is 4.61. The van der Waals surface area contributed by atoms with Gasteiger partial charge in [-0.15, -0.1) is 10.2 Å². The van der Waals surface area contributed by atoms with E-state index in [0.717, 1.165) is 34.8 Å². The number of aryl methyl sites for hydroxylation is 3. The van der Waals surface area contributed by atoms with E-state index >= 15 is 0 Å². The highest BCUT2D eigenvalue weighted by Crippen LogP contribution is 2.25. The van der Waals surface area contributed by atoms with Crippen LogP contribution < -0.4 is 4.74 Å². The molecule has 5 heteroatoms. The summed E-state index contributed by atoms with van der Waals surface area (Å²) in [7, 11) is 1.91. The summed E-state index contributed by atoms with van der Waals surface area (Å²) >= 11 is 0. The first-order chi connectivity index (χ1) is 9.02. The molecule has 1 aromatic carbocycles. The van der Waals surface area contributed by atoms with Crippen LogP contribution >= 0.6 is 0 Å². The van der Waals surface area contributed by atoms with E-state index in [1.165, 1.54) is 0 Å². The van der Waals surface area contributed by atoms with E-state index < -0.39 is 0 Å². The number of carbonyl (C=O) groups excluding carboxylic acids is 1. The molecule has 0 saturated heterocycles. The van der Waals surface area contributed by atoms with Crippen LogP contribution in [0.25, 0.3) is 0 Å². The first-order valence-electron chi connectivity index (χ1n) is 6.07. The Morgan fingerprint density at radius 1 is 1.21 bits per heavy atom. The fourth-order valence-corrected chi connectivity index (χ4v) is 1.99. The fraction of sp³-hybridized carbons (Fsp3) is 0.357. The lowest BCUT2D eigenvalue weighted by Crippen LogP contribution is -2.06. The summed E-state index contributed by atoms with van der Waals surface area (Å²) in [4.78, 5) is 10.8. The highest BCUT2D eigenvalue weighted by Gasteiger charge is 2.09. The molecule has 1 aromatic heterocycles. The summed E-state index contributed by atoms with van der Waals surface area (Å²) in [5, 5.41) is 8.04. The molecule has 2 aromatic rings. The lowest BCUT2D eigenvalue weighted by Gasteiger charge is -2.12. The van der Waals surface area contributed by atoms with Gasteiger partial charge in [-0.25, -0.2) is 0 Å². The second kappa shape index (κ2) is 5.22. The maximum absolute atomic E-state index is 10.8. The van der Waals surface area contributed by atoms with Crippen molar-refractivity contribution in [3.63, 3.8) is 0 Å². The molecule has 0 N–H and O–H groups in total. The predicted molar refractivity (Wildman–Crippen MR) is 71.4 cm³/mol. The topological polar surface area (TPSA) is 57.0 Å². The maximum Gasteiger partial charge on any atom is 0.170 e. The van der Waals surface area contributed by atoms with Gasteiger partial charge in [-0.05, 0) is 44.0 Å². The molecule has 0 aliphatic heterocycles. The Hall–Kier alpha value is -2.17. The van der Waals surface area contributed by atoms with Crippen LogP contribution in [-0.2, 0) is 13.7 Å². The summed E-state index contributed by atoms with van der Waals surface area (Å²) in [5.41, 5.74) is 2.55. The number of nitrogens with zero attached hydrogens (tertiary/aromatic N) is 3. The van der Waals surface area contributed by atoms with Crippen LogP contribution in [0.3, 0.4) is 0 Å². The Balaban J connectivity index is 2.20. The summed E-state index contributed by atoms with van der Waals surface area (Å²) in [6, 6.07) is 3.63. The third-order valence-electron chi connectivity index (χ3n) is 3.15. The van der Waals surface area contributed by atoms with Crippen molar-refractivity contribution in [1.29, 1.82) is 0 Å². The third-order valence-corrected chi connectivity index (χ3v) is 3.15. The molecule has 0 fully saturated rings. The lowest BCUT2D eigenvalue weighted by atomic mass is 10.1. The van der Waals surface area contributed by atoms with E-state index in [0.29, 0.717) is 12.2 Å². The lowest BCUT2D eigenvalue weighted by molar-refractivity contribution is 0.112. The number of aromatic nitrogens is 3. The molecule has 0 saturated carbocycles. The zero-order valence-electron chi connectivity index (χ0n) is 11.6. The van der Waals surface area contributed by atoms with Crippen LogP contribution in [-0.4, -0.2) is 21.1 Å². The van der Waals surface area contributed by atoms with Gasteiger partial charge >= 0.3 is 0 Å². The monoisotopic (exact) mass is 259 g/mol. The number of hydrogen-bond donors (Lipinski definition) is 0. The Morgan fingerprint density at radius 3 is 2.32 bits per heavy atom. The number of aldehydes is 1. The first-order valence-corrected chi connectivity index (χ1v) is 6.07. The smallest absolute Gasteiger partial charge is 0.170 e. The summed E-state index contributed by atoms with van der Waals surface area (Å²) < 4.78 is 7.70. The van der Waals surface area contributed by atoms with E-state index in [-0.39, 0.29) is 0 Å². The molecule has 0 aliphatic rings. The quantitative estimate of drug-likeness (QED) is 0.789. The van der Waals surface area contributed by atoms with Gasteiger partial charge in [0, 0.05) is 12.6 Å². The SMILES string of the molecule is Cc1cc(C=O)cc(C)c1OCc1nnc(C)n1C. The minimum atomic E-state index is 0.361. The zero-order chi connectivity index (χ0) is 14.0. The van der Waals surface area contributed by atoms with E-state index in [1.54, 1.807) is 0 Å². The molecular formula is C14H17N3O2. The van der Waals surface area contributed by atoms with Crippen molar-refractivity contribution in [1.82, 2.24) is 14.8 Å². The summed E-state index contributed by atoms with van der Waals surface area (Å²) in [6.45, 7) is 6.11. The highest BCUT2D eigenvalue weighted by atomic mass is 16.5. The maximum atomic E-state index is 10.8. The molecule has 0 bridgehead atoms. The van der Waals surface area contributed by atoms with Gasteiger partial charge in [-0.1, -0.05) is 0 Å². The van der Waals surface area contributed by atoms with E-state index in [9.17, 15) is 4.79 Å². The fourth-order valence-electron chi connectivity index (χ4n) is 1.99. The molecule has 100 valence electrons. The first kappa shape index (κ1) is 13.3. The number of hydrogen-bond acceptors (Lipinski definition) is 4. The number of rotatable bonds is 4. The third kappa shape index (κ3) is 2.65. The molecule has 5 nitrogen and oxygen atoms in total. The summed E-state index contributed by atoms with van der Waals surface area (Å²) in [5.74, 6) is 2.42. The Bertz CT molecular complexity index is 594. The Kier molecular flexibility index (Phi) is 3.64. The van der Waals surface area contributed by atoms with E-state index in [4.69, 9.17) is 4.74 Å². The van der Waals surface area contributed by atoms with Crippen molar-refractivity contribution in [2.75, 3.05) is 0 Å². The van der Waals surface area contributed by atoms with Crippen LogP contribution in [0.1, 0.15) is 33.1 Å². The Morgan fingerprint density at radius 2 is 1.84 bits per heavy atom. The van der Waals surface area contributed by atoms with Gasteiger partial charge in [0.05, 0.1) is 0 Å². The van der Waals surface area contributed by atoms with Crippen molar-refractivity contribution in [2.24, 2.45) is 7.05 Å². The largest absolute Gasteiger partial charge is 0.485 e. The standard InChI is InChI=1S/C14H17N3O2/c1-9-5-12(7-18)6-10(2)14(9)19-8-13-16-15-11(3)17(13)4/h5-7H,8H2,1-4H3. The normalized spacial score (nSPS) is 10.5. The van der Waals surface area contributed by atoms with Gasteiger partial charge in [0.2, 0.25) is 0 Å². The van der Waals surface area contributed by atoms with E-state index in [2.05, 4.69) is 10.2 Å². The minimum Gasteiger partial charge on any atom is -0.485 e. The van der Waals surface area contributed by atoms with Gasteiger partial charge in [0.25, 0.3) is 0 Å². The van der Waals surface area contributed by atoms with Crippen LogP contribution in [0.4, 0.5) is 0 Å². The van der Waals surface area contributed by atoms with Gasteiger partial charge in [-0.2, -0.15) is 0 Å².